The summed E-state index contributed by atoms with van der Waals surface area (Å²) in [7, 11) is 0. The predicted molar refractivity (Wildman–Crippen MR) is 70.9 cm³/mol. The third-order valence-electron chi connectivity index (χ3n) is 2.93. The molecular formula is C14H12FN3O2. The van der Waals surface area contributed by atoms with Crippen molar-refractivity contribution in [2.75, 3.05) is 0 Å². The second-order valence-electron chi connectivity index (χ2n) is 4.24. The number of halogens is 1. The van der Waals surface area contributed by atoms with Crippen molar-refractivity contribution in [1.29, 1.82) is 5.26 Å². The molecule has 1 aromatic heterocycles. The van der Waals surface area contributed by atoms with Gasteiger partial charge in [-0.3, -0.25) is 13.9 Å². The standard InChI is InChI=1S/C14H12FN3O2/c1-2-17-9-11(7-16)13(19)18(14(17)20)8-10-4-3-5-12(15)6-10/h3-6,9H,2,8H2,1H3. The van der Waals surface area contributed by atoms with Gasteiger partial charge in [0, 0.05) is 12.7 Å². The van der Waals surface area contributed by atoms with Crippen molar-refractivity contribution >= 4 is 0 Å². The zero-order valence-electron chi connectivity index (χ0n) is 10.8. The van der Waals surface area contributed by atoms with Crippen molar-refractivity contribution in [3.8, 4) is 6.07 Å². The average Bonchev–Trinajstić information content (AvgIpc) is 2.44. The van der Waals surface area contributed by atoms with E-state index < -0.39 is 17.1 Å². The van der Waals surface area contributed by atoms with Gasteiger partial charge >= 0.3 is 5.69 Å². The summed E-state index contributed by atoms with van der Waals surface area (Å²) in [6, 6.07) is 7.42. The van der Waals surface area contributed by atoms with Crippen molar-refractivity contribution in [1.82, 2.24) is 9.13 Å². The van der Waals surface area contributed by atoms with Crippen LogP contribution in [0.3, 0.4) is 0 Å². The molecule has 2 aromatic rings. The van der Waals surface area contributed by atoms with E-state index in [9.17, 15) is 14.0 Å². The summed E-state index contributed by atoms with van der Waals surface area (Å²) in [5.41, 5.74) is -0.794. The lowest BCUT2D eigenvalue weighted by molar-refractivity contribution is 0.591. The first-order chi connectivity index (χ1) is 9.56. The molecule has 6 heteroatoms. The zero-order valence-corrected chi connectivity index (χ0v) is 10.8. The minimum atomic E-state index is -0.661. The first kappa shape index (κ1) is 13.7. The van der Waals surface area contributed by atoms with Crippen LogP contribution >= 0.6 is 0 Å². The summed E-state index contributed by atoms with van der Waals surface area (Å²) in [5.74, 6) is -0.442. The van der Waals surface area contributed by atoms with Gasteiger partial charge in [0.05, 0.1) is 6.54 Å². The van der Waals surface area contributed by atoms with E-state index in [4.69, 9.17) is 5.26 Å². The summed E-state index contributed by atoms with van der Waals surface area (Å²) in [4.78, 5) is 24.1. The molecule has 0 atom stereocenters. The van der Waals surface area contributed by atoms with Gasteiger partial charge in [-0.1, -0.05) is 12.1 Å². The first-order valence-corrected chi connectivity index (χ1v) is 6.05. The Hall–Kier alpha value is -2.68. The molecule has 0 saturated carbocycles. The van der Waals surface area contributed by atoms with E-state index >= 15 is 0 Å². The normalized spacial score (nSPS) is 10.2. The Kier molecular flexibility index (Phi) is 3.80. The number of aryl methyl sites for hydroxylation is 1. The predicted octanol–water partition coefficient (Wildman–Crippen LogP) is 1.09. The maximum absolute atomic E-state index is 13.1. The number of hydrogen-bond donors (Lipinski definition) is 0. The third-order valence-corrected chi connectivity index (χ3v) is 2.93. The van der Waals surface area contributed by atoms with Crippen molar-refractivity contribution < 1.29 is 4.39 Å². The number of hydrogen-bond acceptors (Lipinski definition) is 3. The largest absolute Gasteiger partial charge is 0.331 e. The lowest BCUT2D eigenvalue weighted by Crippen LogP contribution is -2.40. The van der Waals surface area contributed by atoms with Crippen LogP contribution in [-0.4, -0.2) is 9.13 Å². The molecule has 5 nitrogen and oxygen atoms in total. The van der Waals surface area contributed by atoms with E-state index in [2.05, 4.69) is 0 Å². The molecule has 102 valence electrons. The average molecular weight is 273 g/mol. The highest BCUT2D eigenvalue weighted by molar-refractivity contribution is 5.23. The fourth-order valence-electron chi connectivity index (χ4n) is 1.91. The topological polar surface area (TPSA) is 67.8 Å². The third kappa shape index (κ3) is 2.52. The minimum absolute atomic E-state index is 0.0645. The van der Waals surface area contributed by atoms with Crippen LogP contribution in [0.25, 0.3) is 0 Å². The summed E-state index contributed by atoms with van der Waals surface area (Å²) in [6.45, 7) is 2.02. The monoisotopic (exact) mass is 273 g/mol. The highest BCUT2D eigenvalue weighted by atomic mass is 19.1. The van der Waals surface area contributed by atoms with Gasteiger partial charge in [0.2, 0.25) is 0 Å². The van der Waals surface area contributed by atoms with Crippen LogP contribution in [0.2, 0.25) is 0 Å². The fraction of sp³-hybridized carbons (Fsp3) is 0.214. The van der Waals surface area contributed by atoms with Crippen molar-refractivity contribution in [3.05, 3.63) is 68.2 Å². The van der Waals surface area contributed by atoms with Crippen molar-refractivity contribution in [2.45, 2.75) is 20.0 Å². The van der Waals surface area contributed by atoms with Crippen LogP contribution < -0.4 is 11.2 Å². The molecule has 0 spiro atoms. The van der Waals surface area contributed by atoms with Gasteiger partial charge in [0.1, 0.15) is 17.4 Å². The lowest BCUT2D eigenvalue weighted by Gasteiger charge is -2.09. The van der Waals surface area contributed by atoms with E-state index in [0.29, 0.717) is 12.1 Å². The minimum Gasteiger partial charge on any atom is -0.299 e. The van der Waals surface area contributed by atoms with Crippen LogP contribution in [0, 0.1) is 17.1 Å². The summed E-state index contributed by atoms with van der Waals surface area (Å²) < 4.78 is 15.4. The van der Waals surface area contributed by atoms with E-state index in [1.165, 1.54) is 29.0 Å². The van der Waals surface area contributed by atoms with Crippen molar-refractivity contribution in [3.63, 3.8) is 0 Å². The summed E-state index contributed by atoms with van der Waals surface area (Å²) in [6.07, 6.45) is 1.24. The molecule has 1 heterocycles. The second-order valence-corrected chi connectivity index (χ2v) is 4.24. The van der Waals surface area contributed by atoms with E-state index in [-0.39, 0.29) is 12.1 Å². The maximum atomic E-state index is 13.1. The van der Waals surface area contributed by atoms with Gasteiger partial charge in [-0.2, -0.15) is 5.26 Å². The van der Waals surface area contributed by atoms with E-state index in [1.807, 2.05) is 0 Å². The maximum Gasteiger partial charge on any atom is 0.331 e. The molecule has 0 bridgehead atoms. The SMILES string of the molecule is CCn1cc(C#N)c(=O)n(Cc2cccc(F)c2)c1=O. The molecular weight excluding hydrogens is 261 g/mol. The van der Waals surface area contributed by atoms with E-state index in [1.54, 1.807) is 19.1 Å². The smallest absolute Gasteiger partial charge is 0.299 e. The Labute approximate surface area is 114 Å². The summed E-state index contributed by atoms with van der Waals surface area (Å²) >= 11 is 0. The summed E-state index contributed by atoms with van der Waals surface area (Å²) in [5, 5.41) is 8.93. The highest BCUT2D eigenvalue weighted by Crippen LogP contribution is 2.04. The Balaban J connectivity index is 2.60. The van der Waals surface area contributed by atoms with Crippen LogP contribution in [0.1, 0.15) is 18.1 Å². The van der Waals surface area contributed by atoms with Gasteiger partial charge in [-0.25, -0.2) is 9.18 Å². The Morgan fingerprint density at radius 2 is 2.10 bits per heavy atom. The quantitative estimate of drug-likeness (QED) is 0.840. The lowest BCUT2D eigenvalue weighted by atomic mass is 10.2. The zero-order chi connectivity index (χ0) is 14.7. The van der Waals surface area contributed by atoms with Gasteiger partial charge in [0.25, 0.3) is 5.56 Å². The number of nitrogens with zero attached hydrogens (tertiary/aromatic N) is 3. The number of nitriles is 1. The van der Waals surface area contributed by atoms with Crippen molar-refractivity contribution in [2.24, 2.45) is 0 Å². The molecule has 2 rings (SSSR count). The number of benzene rings is 1. The molecule has 0 amide bonds. The Bertz CT molecular complexity index is 799. The molecule has 1 aromatic carbocycles. The van der Waals surface area contributed by atoms with Crippen LogP contribution in [0.15, 0.2) is 40.1 Å². The molecule has 20 heavy (non-hydrogen) atoms. The van der Waals surface area contributed by atoms with Crippen LogP contribution in [0.5, 0.6) is 0 Å². The van der Waals surface area contributed by atoms with Crippen LogP contribution in [0.4, 0.5) is 4.39 Å². The molecule has 0 aliphatic carbocycles. The molecule has 0 saturated heterocycles. The fourth-order valence-corrected chi connectivity index (χ4v) is 1.91. The molecule has 0 radical (unpaired) electrons. The molecule has 0 fully saturated rings. The first-order valence-electron chi connectivity index (χ1n) is 6.05. The number of rotatable bonds is 3. The van der Waals surface area contributed by atoms with Crippen LogP contribution in [-0.2, 0) is 13.1 Å². The highest BCUT2D eigenvalue weighted by Gasteiger charge is 2.11. The van der Waals surface area contributed by atoms with Gasteiger partial charge < -0.3 is 0 Å². The Morgan fingerprint density at radius 3 is 2.70 bits per heavy atom. The molecule has 0 aliphatic heterocycles. The number of aromatic nitrogens is 2. The molecule has 0 aliphatic rings. The van der Waals surface area contributed by atoms with Gasteiger partial charge in [-0.15, -0.1) is 0 Å². The van der Waals surface area contributed by atoms with Gasteiger partial charge in [-0.05, 0) is 24.6 Å². The van der Waals surface area contributed by atoms with E-state index in [0.717, 1.165) is 4.57 Å². The van der Waals surface area contributed by atoms with Gasteiger partial charge in [0.15, 0.2) is 0 Å². The molecule has 0 unspecified atom stereocenters. The molecule has 0 N–H and O–H groups in total. The Morgan fingerprint density at radius 1 is 1.35 bits per heavy atom. The second kappa shape index (κ2) is 5.53.